The number of hydrogen-bond acceptors (Lipinski definition) is 1. The summed E-state index contributed by atoms with van der Waals surface area (Å²) in [5.41, 5.74) is 0.653. The first-order valence-corrected chi connectivity index (χ1v) is 10.2. The predicted octanol–water partition coefficient (Wildman–Crippen LogP) is 5.47. The molecular weight excluding hydrogens is 224 g/mol. The second-order valence-electron chi connectivity index (χ2n) is 9.14. The average Bonchev–Trinajstić information content (AvgIpc) is 1.65. The molecule has 0 radical (unpaired) electrons. The molecule has 2 heteroatoms. The Labute approximate surface area is 110 Å². The highest BCUT2D eigenvalue weighted by Gasteiger charge is 2.38. The Morgan fingerprint density at radius 1 is 0.706 bits per heavy atom. The monoisotopic (exact) mass is 258 g/mol. The predicted molar refractivity (Wildman–Crippen MR) is 81.0 cm³/mol. The fourth-order valence-corrected chi connectivity index (χ4v) is 4.74. The second kappa shape index (κ2) is 5.04. The van der Waals surface area contributed by atoms with E-state index in [0.29, 0.717) is 10.8 Å². The molecule has 0 bridgehead atoms. The number of hydrogen-bond donors (Lipinski definition) is 0. The SMILES string of the molecule is CC(C)(C)CC(C)(CC(C)(C)C)O[Si](C)(C)C. The van der Waals surface area contributed by atoms with Gasteiger partial charge in [-0.3, -0.25) is 0 Å². The van der Waals surface area contributed by atoms with Gasteiger partial charge in [-0.15, -0.1) is 0 Å². The molecule has 0 aliphatic carbocycles. The summed E-state index contributed by atoms with van der Waals surface area (Å²) in [7, 11) is -1.49. The maximum absolute atomic E-state index is 6.52. The van der Waals surface area contributed by atoms with E-state index in [0.717, 1.165) is 12.8 Å². The van der Waals surface area contributed by atoms with Crippen LogP contribution in [-0.4, -0.2) is 13.9 Å². The Kier molecular flexibility index (Phi) is 5.10. The summed E-state index contributed by atoms with van der Waals surface area (Å²) >= 11 is 0. The standard InChI is InChI=1S/C15H34OSi/c1-13(2,3)11-15(7,12-14(4,5)6)16-17(8,9)10/h11-12H2,1-10H3. The molecule has 0 heterocycles. The van der Waals surface area contributed by atoms with Gasteiger partial charge in [-0.2, -0.15) is 0 Å². The van der Waals surface area contributed by atoms with Gasteiger partial charge in [0.05, 0.1) is 5.60 Å². The molecule has 104 valence electrons. The molecule has 0 aromatic heterocycles. The first-order chi connectivity index (χ1) is 7.12. The van der Waals surface area contributed by atoms with Gasteiger partial charge in [-0.25, -0.2) is 0 Å². The van der Waals surface area contributed by atoms with Crippen LogP contribution in [0.25, 0.3) is 0 Å². The Bertz CT molecular complexity index is 196. The molecule has 17 heavy (non-hydrogen) atoms. The molecule has 0 aliphatic heterocycles. The third-order valence-corrected chi connectivity index (χ3v) is 3.47. The van der Waals surface area contributed by atoms with E-state index in [1.807, 2.05) is 0 Å². The van der Waals surface area contributed by atoms with Crippen molar-refractivity contribution in [3.05, 3.63) is 0 Å². The van der Waals surface area contributed by atoms with E-state index < -0.39 is 8.32 Å². The van der Waals surface area contributed by atoms with E-state index in [4.69, 9.17) is 4.43 Å². The van der Waals surface area contributed by atoms with Crippen LogP contribution in [0.2, 0.25) is 19.6 Å². The Morgan fingerprint density at radius 2 is 1.00 bits per heavy atom. The van der Waals surface area contributed by atoms with Crippen LogP contribution < -0.4 is 0 Å². The molecule has 0 aromatic carbocycles. The van der Waals surface area contributed by atoms with Crippen LogP contribution in [0.1, 0.15) is 61.3 Å². The van der Waals surface area contributed by atoms with Crippen LogP contribution in [0.3, 0.4) is 0 Å². The molecule has 0 N–H and O–H groups in total. The van der Waals surface area contributed by atoms with Crippen molar-refractivity contribution in [1.29, 1.82) is 0 Å². The van der Waals surface area contributed by atoms with Gasteiger partial charge in [0.1, 0.15) is 0 Å². The highest BCUT2D eigenvalue weighted by Crippen LogP contribution is 2.39. The van der Waals surface area contributed by atoms with Gasteiger partial charge < -0.3 is 4.43 Å². The van der Waals surface area contributed by atoms with Crippen LogP contribution in [0, 0.1) is 10.8 Å². The zero-order valence-electron chi connectivity index (χ0n) is 13.8. The normalized spacial score (nSPS) is 15.2. The summed E-state index contributed by atoms with van der Waals surface area (Å²) in [5, 5.41) is 0. The lowest BCUT2D eigenvalue weighted by atomic mass is 9.75. The fourth-order valence-electron chi connectivity index (χ4n) is 3.12. The molecule has 0 saturated heterocycles. The van der Waals surface area contributed by atoms with Crippen molar-refractivity contribution >= 4 is 8.32 Å². The van der Waals surface area contributed by atoms with Gasteiger partial charge in [0, 0.05) is 0 Å². The smallest absolute Gasteiger partial charge is 0.184 e. The third kappa shape index (κ3) is 9.84. The molecule has 0 aliphatic rings. The molecule has 0 amide bonds. The van der Waals surface area contributed by atoms with E-state index >= 15 is 0 Å². The van der Waals surface area contributed by atoms with Gasteiger partial charge in [0.2, 0.25) is 0 Å². The minimum atomic E-state index is -1.49. The first kappa shape index (κ1) is 17.2. The van der Waals surface area contributed by atoms with Crippen molar-refractivity contribution in [2.45, 2.75) is 86.5 Å². The molecule has 0 saturated carbocycles. The maximum atomic E-state index is 6.52. The minimum Gasteiger partial charge on any atom is -0.412 e. The fraction of sp³-hybridized carbons (Fsp3) is 1.00. The third-order valence-electron chi connectivity index (χ3n) is 2.36. The topological polar surface area (TPSA) is 9.23 Å². The molecule has 0 unspecified atom stereocenters. The minimum absolute atomic E-state index is 0.0149. The van der Waals surface area contributed by atoms with E-state index in [2.05, 4.69) is 68.1 Å². The average molecular weight is 259 g/mol. The van der Waals surface area contributed by atoms with Gasteiger partial charge in [-0.1, -0.05) is 41.5 Å². The molecule has 1 nitrogen and oxygen atoms in total. The zero-order valence-corrected chi connectivity index (χ0v) is 14.8. The molecule has 0 spiro atoms. The molecule has 0 fully saturated rings. The van der Waals surface area contributed by atoms with Crippen molar-refractivity contribution in [2.24, 2.45) is 10.8 Å². The van der Waals surface area contributed by atoms with Crippen molar-refractivity contribution in [2.75, 3.05) is 0 Å². The Balaban J connectivity index is 4.95. The van der Waals surface area contributed by atoms with Crippen LogP contribution in [0.5, 0.6) is 0 Å². The highest BCUT2D eigenvalue weighted by atomic mass is 28.4. The van der Waals surface area contributed by atoms with E-state index in [9.17, 15) is 0 Å². The second-order valence-corrected chi connectivity index (χ2v) is 13.6. The number of rotatable bonds is 4. The van der Waals surface area contributed by atoms with Gasteiger partial charge >= 0.3 is 0 Å². The molecule has 0 aromatic rings. The lowest BCUT2D eigenvalue weighted by Crippen LogP contribution is -2.45. The van der Waals surface area contributed by atoms with E-state index in [1.165, 1.54) is 0 Å². The zero-order chi connectivity index (χ0) is 14.1. The summed E-state index contributed by atoms with van der Waals surface area (Å²) in [5.74, 6) is 0. The van der Waals surface area contributed by atoms with Gasteiger partial charge in [0.15, 0.2) is 8.32 Å². The largest absolute Gasteiger partial charge is 0.412 e. The van der Waals surface area contributed by atoms with E-state index in [-0.39, 0.29) is 5.60 Å². The highest BCUT2D eigenvalue weighted by molar-refractivity contribution is 6.69. The summed E-state index contributed by atoms with van der Waals surface area (Å²) in [4.78, 5) is 0. The van der Waals surface area contributed by atoms with Crippen LogP contribution >= 0.6 is 0 Å². The molecular formula is C15H34OSi. The molecule has 0 atom stereocenters. The van der Waals surface area contributed by atoms with Crippen LogP contribution in [-0.2, 0) is 4.43 Å². The van der Waals surface area contributed by atoms with E-state index in [1.54, 1.807) is 0 Å². The Morgan fingerprint density at radius 3 is 1.18 bits per heavy atom. The summed E-state index contributed by atoms with van der Waals surface area (Å²) in [6, 6.07) is 0. The molecule has 0 rings (SSSR count). The van der Waals surface area contributed by atoms with Crippen LogP contribution in [0.4, 0.5) is 0 Å². The summed E-state index contributed by atoms with van der Waals surface area (Å²) in [6.07, 6.45) is 2.25. The lowest BCUT2D eigenvalue weighted by Gasteiger charge is -2.43. The quantitative estimate of drug-likeness (QED) is 0.608. The summed E-state index contributed by atoms with van der Waals surface area (Å²) < 4.78 is 6.52. The van der Waals surface area contributed by atoms with Crippen molar-refractivity contribution < 1.29 is 4.43 Å². The van der Waals surface area contributed by atoms with Gasteiger partial charge in [-0.05, 0) is 50.2 Å². The van der Waals surface area contributed by atoms with Gasteiger partial charge in [0.25, 0.3) is 0 Å². The van der Waals surface area contributed by atoms with Crippen LogP contribution in [0.15, 0.2) is 0 Å². The lowest BCUT2D eigenvalue weighted by molar-refractivity contribution is 0.00208. The summed E-state index contributed by atoms with van der Waals surface area (Å²) in [6.45, 7) is 23.0. The van der Waals surface area contributed by atoms with Crippen molar-refractivity contribution in [1.82, 2.24) is 0 Å². The first-order valence-electron chi connectivity index (χ1n) is 6.82. The van der Waals surface area contributed by atoms with Crippen molar-refractivity contribution in [3.63, 3.8) is 0 Å². The van der Waals surface area contributed by atoms with Crippen molar-refractivity contribution in [3.8, 4) is 0 Å². The maximum Gasteiger partial charge on any atom is 0.184 e. The Hall–Kier alpha value is 0.177.